The lowest BCUT2D eigenvalue weighted by Crippen LogP contribution is -2.39. The van der Waals surface area contributed by atoms with Crippen LogP contribution in [0.2, 0.25) is 0 Å². The second-order valence-corrected chi connectivity index (χ2v) is 6.84. The zero-order chi connectivity index (χ0) is 17.9. The zero-order valence-corrected chi connectivity index (χ0v) is 15.0. The van der Waals surface area contributed by atoms with Crippen LogP contribution >= 0.6 is 0 Å². The number of hydrogen-bond acceptors (Lipinski definition) is 3. The fraction of sp³-hybridized carbons (Fsp3) is 0.350. The maximum absolute atomic E-state index is 13.1. The Kier molecular flexibility index (Phi) is 4.56. The number of aromatic nitrogens is 4. The summed E-state index contributed by atoms with van der Waals surface area (Å²) in [6.45, 7) is 1.38. The highest BCUT2D eigenvalue weighted by Gasteiger charge is 2.31. The minimum Gasteiger partial charge on any atom is -0.353 e. The summed E-state index contributed by atoms with van der Waals surface area (Å²) in [4.78, 5) is 15.0. The molecule has 0 spiro atoms. The number of piperidine rings is 1. The van der Waals surface area contributed by atoms with Gasteiger partial charge in [-0.05, 0) is 37.0 Å². The number of likely N-dealkylation sites (tertiary alicyclic amines) is 1. The average Bonchev–Trinajstić information content (AvgIpc) is 3.31. The first kappa shape index (κ1) is 16.6. The van der Waals surface area contributed by atoms with E-state index in [-0.39, 0.29) is 11.9 Å². The maximum atomic E-state index is 13.1. The van der Waals surface area contributed by atoms with Gasteiger partial charge in [-0.15, -0.1) is 5.10 Å². The molecule has 0 aliphatic carbocycles. The second kappa shape index (κ2) is 7.15. The Hall–Kier alpha value is -2.89. The highest BCUT2D eigenvalue weighted by atomic mass is 16.2. The van der Waals surface area contributed by atoms with E-state index in [1.807, 2.05) is 54.5 Å². The van der Waals surface area contributed by atoms with Crippen molar-refractivity contribution in [2.75, 3.05) is 6.54 Å². The number of amides is 1. The number of carbonyl (C=O) groups excluding carboxylic acids is 1. The minimum atomic E-state index is -0.0322. The van der Waals surface area contributed by atoms with Crippen molar-refractivity contribution >= 4 is 5.91 Å². The van der Waals surface area contributed by atoms with Gasteiger partial charge < -0.3 is 9.47 Å². The van der Waals surface area contributed by atoms with Crippen LogP contribution in [0, 0.1) is 0 Å². The van der Waals surface area contributed by atoms with Crippen LogP contribution in [0.3, 0.4) is 0 Å². The summed E-state index contributed by atoms with van der Waals surface area (Å²) in [5.41, 5.74) is 2.73. The molecule has 0 N–H and O–H groups in total. The summed E-state index contributed by atoms with van der Waals surface area (Å²) in [6.07, 6.45) is 6.95. The summed E-state index contributed by atoms with van der Waals surface area (Å²) in [7, 11) is 2.03. The normalized spacial score (nSPS) is 17.4. The van der Waals surface area contributed by atoms with Crippen molar-refractivity contribution in [1.29, 1.82) is 0 Å². The van der Waals surface area contributed by atoms with E-state index in [9.17, 15) is 4.79 Å². The lowest BCUT2D eigenvalue weighted by atomic mass is 9.99. The van der Waals surface area contributed by atoms with E-state index in [2.05, 4.69) is 20.9 Å². The number of benzene rings is 1. The van der Waals surface area contributed by atoms with Crippen LogP contribution in [0.1, 0.15) is 47.1 Å². The van der Waals surface area contributed by atoms with Gasteiger partial charge in [-0.25, -0.2) is 4.68 Å². The summed E-state index contributed by atoms with van der Waals surface area (Å²) in [6, 6.07) is 14.3. The Bertz CT molecular complexity index is 883. The third-order valence-electron chi connectivity index (χ3n) is 5.03. The molecule has 4 rings (SSSR count). The SMILES string of the molecule is Cn1cccc1[C@@H]1CCCCN1C(=O)c1cn(Cc2ccccc2)nn1. The molecule has 0 bridgehead atoms. The van der Waals surface area contributed by atoms with Crippen molar-refractivity contribution in [2.45, 2.75) is 31.8 Å². The molecule has 0 saturated carbocycles. The maximum Gasteiger partial charge on any atom is 0.276 e. The van der Waals surface area contributed by atoms with E-state index < -0.39 is 0 Å². The van der Waals surface area contributed by atoms with Gasteiger partial charge in [-0.2, -0.15) is 0 Å². The average molecular weight is 349 g/mol. The summed E-state index contributed by atoms with van der Waals surface area (Å²) in [5, 5.41) is 8.29. The van der Waals surface area contributed by atoms with Gasteiger partial charge in [-0.1, -0.05) is 35.5 Å². The van der Waals surface area contributed by atoms with Crippen LogP contribution in [0.15, 0.2) is 54.9 Å². The topological polar surface area (TPSA) is 56.0 Å². The first-order valence-corrected chi connectivity index (χ1v) is 9.08. The molecule has 1 saturated heterocycles. The van der Waals surface area contributed by atoms with Crippen molar-refractivity contribution in [3.05, 3.63) is 71.8 Å². The van der Waals surface area contributed by atoms with Gasteiger partial charge in [0.05, 0.1) is 18.8 Å². The first-order valence-electron chi connectivity index (χ1n) is 9.08. The minimum absolute atomic E-state index is 0.0322. The van der Waals surface area contributed by atoms with Crippen molar-refractivity contribution in [2.24, 2.45) is 7.05 Å². The summed E-state index contributed by atoms with van der Waals surface area (Å²) >= 11 is 0. The largest absolute Gasteiger partial charge is 0.353 e. The summed E-state index contributed by atoms with van der Waals surface area (Å²) in [5.74, 6) is -0.0322. The standard InChI is InChI=1S/C20H23N5O/c1-23-12-7-11-18(23)19-10-5-6-13-25(19)20(26)17-15-24(22-21-17)14-16-8-3-2-4-9-16/h2-4,7-9,11-12,15,19H,5-6,10,13-14H2,1H3/t19-/m0/s1. The number of nitrogens with zero attached hydrogens (tertiary/aromatic N) is 5. The molecule has 1 fully saturated rings. The molecule has 0 radical (unpaired) electrons. The number of carbonyl (C=O) groups is 1. The molecule has 0 unspecified atom stereocenters. The summed E-state index contributed by atoms with van der Waals surface area (Å²) < 4.78 is 3.83. The molecule has 6 nitrogen and oxygen atoms in total. The Labute approximate surface area is 153 Å². The van der Waals surface area contributed by atoms with E-state index in [1.54, 1.807) is 10.9 Å². The van der Waals surface area contributed by atoms with E-state index in [4.69, 9.17) is 0 Å². The van der Waals surface area contributed by atoms with Gasteiger partial charge in [-0.3, -0.25) is 4.79 Å². The fourth-order valence-corrected chi connectivity index (χ4v) is 3.69. The van der Waals surface area contributed by atoms with Crippen LogP contribution in [0.4, 0.5) is 0 Å². The Morgan fingerprint density at radius 2 is 2.00 bits per heavy atom. The van der Waals surface area contributed by atoms with Crippen LogP contribution in [0.5, 0.6) is 0 Å². The van der Waals surface area contributed by atoms with Crippen molar-refractivity contribution in [3.63, 3.8) is 0 Å². The molecular weight excluding hydrogens is 326 g/mol. The van der Waals surface area contributed by atoms with Gasteiger partial charge in [0.15, 0.2) is 5.69 Å². The Balaban J connectivity index is 1.53. The second-order valence-electron chi connectivity index (χ2n) is 6.84. The van der Waals surface area contributed by atoms with E-state index in [0.717, 1.165) is 31.4 Å². The Morgan fingerprint density at radius 3 is 2.77 bits per heavy atom. The molecule has 1 aliphatic rings. The first-order chi connectivity index (χ1) is 12.7. The fourth-order valence-electron chi connectivity index (χ4n) is 3.69. The molecule has 1 aromatic carbocycles. The van der Waals surface area contributed by atoms with Crippen molar-refractivity contribution in [1.82, 2.24) is 24.5 Å². The van der Waals surface area contributed by atoms with Crippen LogP contribution in [-0.4, -0.2) is 36.9 Å². The number of aryl methyl sites for hydroxylation is 1. The lowest BCUT2D eigenvalue weighted by molar-refractivity contribution is 0.0596. The predicted molar refractivity (Wildman–Crippen MR) is 98.6 cm³/mol. The molecule has 3 aromatic rings. The zero-order valence-electron chi connectivity index (χ0n) is 15.0. The van der Waals surface area contributed by atoms with Crippen LogP contribution < -0.4 is 0 Å². The lowest BCUT2D eigenvalue weighted by Gasteiger charge is -2.35. The third kappa shape index (κ3) is 3.27. The Morgan fingerprint density at radius 1 is 1.15 bits per heavy atom. The van der Waals surface area contributed by atoms with Gasteiger partial charge in [0.25, 0.3) is 5.91 Å². The predicted octanol–water partition coefficient (Wildman–Crippen LogP) is 3.03. The molecule has 3 heterocycles. The van der Waals surface area contributed by atoms with E-state index >= 15 is 0 Å². The highest BCUT2D eigenvalue weighted by molar-refractivity contribution is 5.92. The smallest absolute Gasteiger partial charge is 0.276 e. The van der Waals surface area contributed by atoms with Gasteiger partial charge >= 0.3 is 0 Å². The molecule has 1 atom stereocenters. The molecule has 2 aromatic heterocycles. The van der Waals surface area contributed by atoms with E-state index in [1.165, 1.54) is 5.69 Å². The van der Waals surface area contributed by atoms with Crippen LogP contribution in [0.25, 0.3) is 0 Å². The van der Waals surface area contributed by atoms with Crippen LogP contribution in [-0.2, 0) is 13.6 Å². The van der Waals surface area contributed by atoms with Crippen molar-refractivity contribution in [3.8, 4) is 0 Å². The highest BCUT2D eigenvalue weighted by Crippen LogP contribution is 2.31. The molecule has 1 amide bonds. The van der Waals surface area contributed by atoms with E-state index in [0.29, 0.717) is 12.2 Å². The molecule has 1 aliphatic heterocycles. The number of hydrogen-bond donors (Lipinski definition) is 0. The quantitative estimate of drug-likeness (QED) is 0.727. The molecular formula is C20H23N5O. The van der Waals surface area contributed by atoms with Crippen molar-refractivity contribution < 1.29 is 4.79 Å². The molecule has 6 heteroatoms. The monoisotopic (exact) mass is 349 g/mol. The molecule has 26 heavy (non-hydrogen) atoms. The molecule has 134 valence electrons. The van der Waals surface area contributed by atoms with Gasteiger partial charge in [0, 0.05) is 25.5 Å². The third-order valence-corrected chi connectivity index (χ3v) is 5.03. The van der Waals surface area contributed by atoms with Gasteiger partial charge in [0.2, 0.25) is 0 Å². The number of rotatable bonds is 4. The van der Waals surface area contributed by atoms with Gasteiger partial charge in [0.1, 0.15) is 0 Å².